The average Bonchev–Trinajstić information content (AvgIpc) is 2.65. The maximum atomic E-state index is 11.5. The van der Waals surface area contributed by atoms with Gasteiger partial charge < -0.3 is 0 Å². The Balaban J connectivity index is 1.76. The van der Waals surface area contributed by atoms with Crippen LogP contribution in [0.15, 0.2) is 48.5 Å². The molecule has 0 N–H and O–H groups in total. The summed E-state index contributed by atoms with van der Waals surface area (Å²) < 4.78 is 0. The predicted molar refractivity (Wildman–Crippen MR) is 99.6 cm³/mol. The van der Waals surface area contributed by atoms with E-state index in [1.165, 1.54) is 11.1 Å². The smallest absolute Gasteiger partial charge is 0.177 e. The molecule has 0 saturated carbocycles. The second-order valence-corrected chi connectivity index (χ2v) is 6.25. The van der Waals surface area contributed by atoms with Gasteiger partial charge >= 0.3 is 0 Å². The van der Waals surface area contributed by atoms with Crippen LogP contribution in [-0.2, 0) is 12.8 Å². The number of carbonyl (C=O) groups excluding carboxylic acids is 2. The molecule has 0 atom stereocenters. The highest BCUT2D eigenvalue weighted by Crippen LogP contribution is 2.12. The molecular weight excluding hydrogens is 343 g/mol. The van der Waals surface area contributed by atoms with E-state index in [2.05, 4.69) is 0 Å². The Morgan fingerprint density at radius 1 is 0.625 bits per heavy atom. The van der Waals surface area contributed by atoms with Gasteiger partial charge in [-0.2, -0.15) is 0 Å². The first-order valence-corrected chi connectivity index (χ1v) is 9.07. The van der Waals surface area contributed by atoms with Crippen LogP contribution >= 0.6 is 23.2 Å². The molecule has 2 aromatic carbocycles. The summed E-state index contributed by atoms with van der Waals surface area (Å²) >= 11 is 11.1. The number of rotatable bonds is 9. The molecule has 0 radical (unpaired) electrons. The van der Waals surface area contributed by atoms with Gasteiger partial charge in [0, 0.05) is 11.1 Å². The zero-order valence-electron chi connectivity index (χ0n) is 13.4. The summed E-state index contributed by atoms with van der Waals surface area (Å²) in [6.45, 7) is 0. The van der Waals surface area contributed by atoms with Crippen molar-refractivity contribution in [1.82, 2.24) is 0 Å². The Kier molecular flexibility index (Phi) is 7.48. The monoisotopic (exact) mass is 362 g/mol. The third kappa shape index (κ3) is 5.47. The van der Waals surface area contributed by atoms with Gasteiger partial charge in [0.15, 0.2) is 11.6 Å². The highest BCUT2D eigenvalue weighted by atomic mass is 35.5. The molecule has 0 bridgehead atoms. The molecule has 0 aliphatic carbocycles. The summed E-state index contributed by atoms with van der Waals surface area (Å²) in [6.07, 6.45) is 4.12. The van der Waals surface area contributed by atoms with Crippen molar-refractivity contribution in [3.05, 3.63) is 70.8 Å². The van der Waals surface area contributed by atoms with Gasteiger partial charge in [-0.3, -0.25) is 9.59 Å². The fourth-order valence-corrected chi connectivity index (χ4v) is 2.84. The summed E-state index contributed by atoms with van der Waals surface area (Å²) in [7, 11) is 0. The molecule has 0 aliphatic rings. The summed E-state index contributed by atoms with van der Waals surface area (Å²) in [5.41, 5.74) is 3.79. The minimum atomic E-state index is -0.0423. The number of halogens is 2. The van der Waals surface area contributed by atoms with Crippen LogP contribution in [-0.4, -0.2) is 23.3 Å². The van der Waals surface area contributed by atoms with Crippen LogP contribution in [0.5, 0.6) is 0 Å². The molecule has 4 heteroatoms. The van der Waals surface area contributed by atoms with Crippen LogP contribution in [0.1, 0.15) is 44.7 Å². The number of hydrogen-bond donors (Lipinski definition) is 0. The topological polar surface area (TPSA) is 34.1 Å². The van der Waals surface area contributed by atoms with E-state index >= 15 is 0 Å². The number of hydrogen-bond acceptors (Lipinski definition) is 2. The van der Waals surface area contributed by atoms with E-state index in [0.717, 1.165) is 25.7 Å². The molecule has 2 aromatic rings. The Morgan fingerprint density at radius 2 is 0.958 bits per heavy atom. The summed E-state index contributed by atoms with van der Waals surface area (Å²) in [4.78, 5) is 22.9. The Labute approximate surface area is 152 Å². The predicted octanol–water partition coefficient (Wildman–Crippen LogP) is 5.10. The van der Waals surface area contributed by atoms with Crippen molar-refractivity contribution in [2.75, 3.05) is 11.8 Å². The SMILES string of the molecule is O=C(CCl)c1ccc(CCCCc2ccc(C(=O)CCl)cc2)cc1. The number of benzene rings is 2. The Hall–Kier alpha value is -1.64. The van der Waals surface area contributed by atoms with E-state index in [0.29, 0.717) is 11.1 Å². The second-order valence-electron chi connectivity index (χ2n) is 5.71. The fraction of sp³-hybridized carbons (Fsp3) is 0.300. The third-order valence-corrected chi connectivity index (χ3v) is 4.46. The molecule has 0 aromatic heterocycles. The highest BCUT2D eigenvalue weighted by molar-refractivity contribution is 6.30. The molecule has 0 fully saturated rings. The van der Waals surface area contributed by atoms with Crippen LogP contribution in [0, 0.1) is 0 Å². The summed E-state index contributed by atoms with van der Waals surface area (Å²) in [5.74, 6) is -0.0397. The second kappa shape index (κ2) is 9.61. The Bertz CT molecular complexity index is 614. The van der Waals surface area contributed by atoms with Gasteiger partial charge in [0.1, 0.15) is 0 Å². The van der Waals surface area contributed by atoms with Gasteiger partial charge in [-0.25, -0.2) is 0 Å². The molecule has 0 saturated heterocycles. The molecule has 0 aliphatic heterocycles. The van der Waals surface area contributed by atoms with E-state index < -0.39 is 0 Å². The normalized spacial score (nSPS) is 10.6. The number of alkyl halides is 2. The maximum Gasteiger partial charge on any atom is 0.177 e. The van der Waals surface area contributed by atoms with Crippen LogP contribution < -0.4 is 0 Å². The minimum absolute atomic E-state index is 0.0224. The van der Waals surface area contributed by atoms with Crippen molar-refractivity contribution in [2.45, 2.75) is 25.7 Å². The molecular formula is C20H20Cl2O2. The van der Waals surface area contributed by atoms with E-state index in [4.69, 9.17) is 23.2 Å². The van der Waals surface area contributed by atoms with E-state index in [-0.39, 0.29) is 23.3 Å². The summed E-state index contributed by atoms with van der Waals surface area (Å²) in [5, 5.41) is 0. The van der Waals surface area contributed by atoms with Crippen LogP contribution in [0.25, 0.3) is 0 Å². The van der Waals surface area contributed by atoms with Crippen molar-refractivity contribution >= 4 is 34.8 Å². The number of unbranched alkanes of at least 4 members (excludes halogenated alkanes) is 1. The van der Waals surface area contributed by atoms with Crippen LogP contribution in [0.4, 0.5) is 0 Å². The molecule has 0 unspecified atom stereocenters. The number of aryl methyl sites for hydroxylation is 2. The van der Waals surface area contributed by atoms with Gasteiger partial charge in [-0.15, -0.1) is 23.2 Å². The number of carbonyl (C=O) groups is 2. The quantitative estimate of drug-likeness (QED) is 0.353. The zero-order valence-corrected chi connectivity index (χ0v) is 14.9. The number of Topliss-reactive ketones (excluding diaryl/α,β-unsaturated/α-hetero) is 2. The minimum Gasteiger partial charge on any atom is -0.293 e. The van der Waals surface area contributed by atoms with Gasteiger partial charge in [-0.1, -0.05) is 48.5 Å². The average molecular weight is 363 g/mol. The van der Waals surface area contributed by atoms with Crippen molar-refractivity contribution < 1.29 is 9.59 Å². The first-order chi connectivity index (χ1) is 11.6. The summed E-state index contributed by atoms with van der Waals surface area (Å²) in [6, 6.07) is 15.3. The molecule has 24 heavy (non-hydrogen) atoms. The van der Waals surface area contributed by atoms with E-state index in [1.807, 2.05) is 48.5 Å². The lowest BCUT2D eigenvalue weighted by Crippen LogP contribution is -2.00. The van der Waals surface area contributed by atoms with Gasteiger partial charge in [0.2, 0.25) is 0 Å². The molecule has 126 valence electrons. The largest absolute Gasteiger partial charge is 0.293 e. The van der Waals surface area contributed by atoms with Gasteiger partial charge in [0.05, 0.1) is 11.8 Å². The molecule has 0 spiro atoms. The maximum absolute atomic E-state index is 11.5. The zero-order chi connectivity index (χ0) is 17.4. The van der Waals surface area contributed by atoms with Crippen LogP contribution in [0.3, 0.4) is 0 Å². The van der Waals surface area contributed by atoms with Crippen molar-refractivity contribution in [2.24, 2.45) is 0 Å². The standard InChI is InChI=1S/C20H20Cl2O2/c21-13-19(23)17-9-5-15(6-10-17)3-1-2-4-16-7-11-18(12-8-16)20(24)14-22/h5-12H,1-4,13-14H2. The Morgan fingerprint density at radius 3 is 1.25 bits per heavy atom. The van der Waals surface area contributed by atoms with E-state index in [1.54, 1.807) is 0 Å². The molecule has 0 heterocycles. The lowest BCUT2D eigenvalue weighted by atomic mass is 10.0. The van der Waals surface area contributed by atoms with Gasteiger partial charge in [-0.05, 0) is 36.8 Å². The van der Waals surface area contributed by atoms with Crippen molar-refractivity contribution in [3.8, 4) is 0 Å². The number of ketones is 2. The first kappa shape index (κ1) is 18.7. The van der Waals surface area contributed by atoms with Crippen LogP contribution in [0.2, 0.25) is 0 Å². The highest BCUT2D eigenvalue weighted by Gasteiger charge is 2.05. The first-order valence-electron chi connectivity index (χ1n) is 8.00. The molecule has 2 rings (SSSR count). The third-order valence-electron chi connectivity index (χ3n) is 3.98. The lowest BCUT2D eigenvalue weighted by molar-refractivity contribution is 0.101. The fourth-order valence-electron chi connectivity index (χ4n) is 2.53. The lowest BCUT2D eigenvalue weighted by Gasteiger charge is -2.05. The van der Waals surface area contributed by atoms with E-state index in [9.17, 15) is 9.59 Å². The van der Waals surface area contributed by atoms with Crippen molar-refractivity contribution in [1.29, 1.82) is 0 Å². The van der Waals surface area contributed by atoms with Gasteiger partial charge in [0.25, 0.3) is 0 Å². The van der Waals surface area contributed by atoms with Crippen molar-refractivity contribution in [3.63, 3.8) is 0 Å². The molecule has 0 amide bonds. The molecule has 2 nitrogen and oxygen atoms in total.